The monoisotopic (exact) mass is 480 g/mol. The molecule has 0 aliphatic carbocycles. The number of pyridine rings is 1. The van der Waals surface area contributed by atoms with Crippen molar-refractivity contribution < 1.29 is 18.7 Å². The third-order valence-corrected chi connectivity index (χ3v) is 5.82. The van der Waals surface area contributed by atoms with Gasteiger partial charge in [-0.15, -0.1) is 0 Å². The van der Waals surface area contributed by atoms with Crippen molar-refractivity contribution in [2.75, 3.05) is 17.7 Å². The molecular formula is C28H24N4O4. The van der Waals surface area contributed by atoms with Gasteiger partial charge in [0.15, 0.2) is 5.69 Å². The molecule has 8 heteroatoms. The van der Waals surface area contributed by atoms with Crippen molar-refractivity contribution >= 4 is 34.3 Å². The van der Waals surface area contributed by atoms with Gasteiger partial charge in [0.2, 0.25) is 0 Å². The van der Waals surface area contributed by atoms with Crippen LogP contribution in [0.4, 0.5) is 11.4 Å². The number of benzene rings is 2. The van der Waals surface area contributed by atoms with E-state index in [1.54, 1.807) is 16.8 Å². The Labute approximate surface area is 207 Å². The number of carbonyl (C=O) groups is 2. The van der Waals surface area contributed by atoms with E-state index in [0.29, 0.717) is 35.4 Å². The van der Waals surface area contributed by atoms with Crippen molar-refractivity contribution in [3.05, 3.63) is 114 Å². The molecule has 0 saturated heterocycles. The Morgan fingerprint density at radius 3 is 2.39 bits per heavy atom. The Morgan fingerprint density at radius 2 is 1.72 bits per heavy atom. The van der Waals surface area contributed by atoms with Crippen molar-refractivity contribution in [3.63, 3.8) is 0 Å². The zero-order valence-corrected chi connectivity index (χ0v) is 19.6. The van der Waals surface area contributed by atoms with E-state index in [1.807, 2.05) is 66.7 Å². The summed E-state index contributed by atoms with van der Waals surface area (Å²) >= 11 is 0. The highest BCUT2D eigenvalue weighted by Gasteiger charge is 2.27. The Balaban J connectivity index is 1.61. The van der Waals surface area contributed by atoms with Crippen molar-refractivity contribution in [1.82, 2.24) is 9.55 Å². The van der Waals surface area contributed by atoms with E-state index in [2.05, 4.69) is 15.6 Å². The Hall–Kier alpha value is -4.85. The van der Waals surface area contributed by atoms with Crippen LogP contribution in [0.3, 0.4) is 0 Å². The van der Waals surface area contributed by atoms with Crippen LogP contribution >= 0.6 is 0 Å². The van der Waals surface area contributed by atoms with E-state index in [4.69, 9.17) is 9.15 Å². The average molecular weight is 481 g/mol. The molecule has 0 saturated carbocycles. The van der Waals surface area contributed by atoms with Crippen molar-refractivity contribution in [2.45, 2.75) is 13.1 Å². The lowest BCUT2D eigenvalue weighted by Crippen LogP contribution is -2.17. The highest BCUT2D eigenvalue weighted by Crippen LogP contribution is 2.34. The molecule has 5 rings (SSSR count). The normalized spacial score (nSPS) is 10.8. The minimum atomic E-state index is -0.579. The number of methoxy groups -OCH3 is 1. The first-order valence-electron chi connectivity index (χ1n) is 11.4. The van der Waals surface area contributed by atoms with Crippen LogP contribution in [0.1, 0.15) is 32.0 Å². The standard InChI is InChI=1S/C28H24N4O4/c1-35-28(34)25-24(31-27(33)21-12-13-36-18-21)23-14-22(29-15-19-8-4-2-5-9-19)16-30-26(23)32(25)17-20-10-6-3-7-11-20/h2-14,16,18,29H,15,17H2,1H3,(H,31,33). The first-order chi connectivity index (χ1) is 17.6. The van der Waals surface area contributed by atoms with Gasteiger partial charge in [-0.2, -0.15) is 0 Å². The van der Waals surface area contributed by atoms with E-state index in [1.165, 1.54) is 19.6 Å². The highest BCUT2D eigenvalue weighted by atomic mass is 16.5. The first-order valence-corrected chi connectivity index (χ1v) is 11.4. The number of furan rings is 1. The summed E-state index contributed by atoms with van der Waals surface area (Å²) in [5.74, 6) is -0.986. The van der Waals surface area contributed by atoms with Crippen molar-refractivity contribution in [2.24, 2.45) is 0 Å². The highest BCUT2D eigenvalue weighted by molar-refractivity contribution is 6.14. The number of hydrogen-bond acceptors (Lipinski definition) is 6. The number of aromatic nitrogens is 2. The predicted molar refractivity (Wildman–Crippen MR) is 137 cm³/mol. The number of esters is 1. The van der Waals surface area contributed by atoms with Crippen LogP contribution in [0.2, 0.25) is 0 Å². The third kappa shape index (κ3) is 4.69. The molecule has 0 spiro atoms. The van der Waals surface area contributed by atoms with Gasteiger partial charge in [-0.25, -0.2) is 9.78 Å². The Morgan fingerprint density at radius 1 is 1.00 bits per heavy atom. The van der Waals surface area contributed by atoms with Crippen molar-refractivity contribution in [1.29, 1.82) is 0 Å². The number of hydrogen-bond donors (Lipinski definition) is 2. The fourth-order valence-corrected chi connectivity index (χ4v) is 4.06. The number of nitrogens with zero attached hydrogens (tertiary/aromatic N) is 2. The molecule has 180 valence electrons. The summed E-state index contributed by atoms with van der Waals surface area (Å²) in [6.45, 7) is 0.965. The Bertz CT molecular complexity index is 1490. The molecule has 0 fully saturated rings. The molecule has 3 aromatic heterocycles. The van der Waals surface area contributed by atoms with E-state index in [9.17, 15) is 9.59 Å². The quantitative estimate of drug-likeness (QED) is 0.291. The van der Waals surface area contributed by atoms with Gasteiger partial charge in [0.1, 0.15) is 11.9 Å². The smallest absolute Gasteiger partial charge is 0.356 e. The summed E-state index contributed by atoms with van der Waals surface area (Å²) in [5.41, 5.74) is 4.26. The second-order valence-corrected chi connectivity index (χ2v) is 8.19. The predicted octanol–water partition coefficient (Wildman–Crippen LogP) is 5.33. The molecule has 2 N–H and O–H groups in total. The number of fused-ring (bicyclic) bond motifs is 1. The minimum Gasteiger partial charge on any atom is -0.472 e. The second kappa shape index (κ2) is 10.2. The summed E-state index contributed by atoms with van der Waals surface area (Å²) in [7, 11) is 1.31. The topological polar surface area (TPSA) is 98.4 Å². The zero-order valence-electron chi connectivity index (χ0n) is 19.6. The van der Waals surface area contributed by atoms with Crippen LogP contribution in [0, 0.1) is 0 Å². The molecule has 1 amide bonds. The minimum absolute atomic E-state index is 0.209. The van der Waals surface area contributed by atoms with Crippen LogP contribution in [0.15, 0.2) is 95.9 Å². The molecular weight excluding hydrogens is 456 g/mol. The van der Waals surface area contributed by atoms with Crippen LogP contribution in [0.25, 0.3) is 11.0 Å². The molecule has 0 atom stereocenters. The molecule has 0 bridgehead atoms. The average Bonchev–Trinajstić information content (AvgIpc) is 3.56. The fourth-order valence-electron chi connectivity index (χ4n) is 4.06. The second-order valence-electron chi connectivity index (χ2n) is 8.19. The lowest BCUT2D eigenvalue weighted by Gasteiger charge is -2.11. The van der Waals surface area contributed by atoms with E-state index < -0.39 is 11.9 Å². The van der Waals surface area contributed by atoms with Gasteiger partial charge in [-0.3, -0.25) is 4.79 Å². The van der Waals surface area contributed by atoms with Crippen LogP contribution in [-0.2, 0) is 17.8 Å². The van der Waals surface area contributed by atoms with Gasteiger partial charge in [0, 0.05) is 18.5 Å². The Kier molecular flexibility index (Phi) is 6.48. The van der Waals surface area contributed by atoms with Gasteiger partial charge in [-0.05, 0) is 23.3 Å². The van der Waals surface area contributed by atoms with Crippen LogP contribution in [-0.4, -0.2) is 28.5 Å². The molecule has 0 aliphatic rings. The summed E-state index contributed by atoms with van der Waals surface area (Å²) in [6, 6.07) is 23.1. The van der Waals surface area contributed by atoms with E-state index in [0.717, 1.165) is 16.8 Å². The number of carbonyl (C=O) groups excluding carboxylic acids is 2. The van der Waals surface area contributed by atoms with E-state index >= 15 is 0 Å². The molecule has 0 unspecified atom stereocenters. The van der Waals surface area contributed by atoms with E-state index in [-0.39, 0.29) is 5.69 Å². The van der Waals surface area contributed by atoms with Gasteiger partial charge < -0.3 is 24.4 Å². The molecule has 2 aromatic carbocycles. The number of nitrogens with one attached hydrogen (secondary N) is 2. The van der Waals surface area contributed by atoms with Gasteiger partial charge in [-0.1, -0.05) is 60.7 Å². The number of amides is 1. The summed E-state index contributed by atoms with van der Waals surface area (Å²) < 4.78 is 11.9. The summed E-state index contributed by atoms with van der Waals surface area (Å²) in [5, 5.41) is 6.87. The summed E-state index contributed by atoms with van der Waals surface area (Å²) in [4.78, 5) is 30.7. The molecule has 5 aromatic rings. The molecule has 0 radical (unpaired) electrons. The van der Waals surface area contributed by atoms with Crippen LogP contribution in [0.5, 0.6) is 0 Å². The maximum atomic E-state index is 13.0. The van der Waals surface area contributed by atoms with Gasteiger partial charge >= 0.3 is 5.97 Å². The lowest BCUT2D eigenvalue weighted by atomic mass is 10.2. The number of ether oxygens (including phenoxy) is 1. The molecule has 3 heterocycles. The van der Waals surface area contributed by atoms with Gasteiger partial charge in [0.05, 0.1) is 36.5 Å². The number of anilines is 2. The molecule has 36 heavy (non-hydrogen) atoms. The van der Waals surface area contributed by atoms with Crippen LogP contribution < -0.4 is 10.6 Å². The first kappa shape index (κ1) is 22.9. The van der Waals surface area contributed by atoms with Gasteiger partial charge in [0.25, 0.3) is 5.91 Å². The molecule has 8 nitrogen and oxygen atoms in total. The SMILES string of the molecule is COC(=O)c1c(NC(=O)c2ccoc2)c2cc(NCc3ccccc3)cnc2n1Cc1ccccc1. The largest absolute Gasteiger partial charge is 0.472 e. The number of rotatable bonds is 8. The summed E-state index contributed by atoms with van der Waals surface area (Å²) in [6.07, 6.45) is 4.48. The molecule has 0 aliphatic heterocycles. The zero-order chi connectivity index (χ0) is 24.9. The lowest BCUT2D eigenvalue weighted by molar-refractivity contribution is 0.0591. The fraction of sp³-hybridized carbons (Fsp3) is 0.107. The maximum Gasteiger partial charge on any atom is 0.356 e. The third-order valence-electron chi connectivity index (χ3n) is 5.82. The van der Waals surface area contributed by atoms with Crippen molar-refractivity contribution in [3.8, 4) is 0 Å². The maximum absolute atomic E-state index is 13.0.